The van der Waals surface area contributed by atoms with Crippen molar-refractivity contribution in [3.63, 3.8) is 0 Å². The second-order valence-electron chi connectivity index (χ2n) is 7.50. The van der Waals surface area contributed by atoms with Gasteiger partial charge in [-0.15, -0.1) is 0 Å². The highest BCUT2D eigenvalue weighted by atomic mass is 16.5. The lowest BCUT2D eigenvalue weighted by Crippen LogP contribution is -2.41. The highest BCUT2D eigenvalue weighted by Gasteiger charge is 2.22. The molecule has 154 valence electrons. The number of rotatable bonds is 6. The molecule has 6 heteroatoms. The Morgan fingerprint density at radius 3 is 2.52 bits per heavy atom. The Kier molecular flexibility index (Phi) is 7.11. The topological polar surface area (TPSA) is 70.7 Å². The maximum absolute atomic E-state index is 12.4. The lowest BCUT2D eigenvalue weighted by atomic mass is 9.93. The van der Waals surface area contributed by atoms with E-state index in [4.69, 9.17) is 4.74 Å². The molecular weight excluding hydrogens is 366 g/mol. The van der Waals surface area contributed by atoms with Gasteiger partial charge < -0.3 is 20.3 Å². The molecular formula is C23H29N3O3. The summed E-state index contributed by atoms with van der Waals surface area (Å²) in [5, 5.41) is 5.94. The Morgan fingerprint density at radius 2 is 1.83 bits per heavy atom. The van der Waals surface area contributed by atoms with Crippen LogP contribution in [0.15, 0.2) is 48.5 Å². The lowest BCUT2D eigenvalue weighted by molar-refractivity contribution is 0.0949. The summed E-state index contributed by atoms with van der Waals surface area (Å²) in [7, 11) is 1.59. The van der Waals surface area contributed by atoms with Crippen LogP contribution in [-0.4, -0.2) is 43.6 Å². The summed E-state index contributed by atoms with van der Waals surface area (Å²) in [4.78, 5) is 26.5. The Bertz CT molecular complexity index is 828. The summed E-state index contributed by atoms with van der Waals surface area (Å²) < 4.78 is 5.16. The maximum atomic E-state index is 12.4. The number of nitrogens with zero attached hydrogens (tertiary/aromatic N) is 1. The summed E-state index contributed by atoms with van der Waals surface area (Å²) in [5.74, 6) is 1.11. The molecule has 3 amide bonds. The normalized spacial score (nSPS) is 14.3. The lowest BCUT2D eigenvalue weighted by Gasteiger charge is -2.32. The van der Waals surface area contributed by atoms with E-state index in [0.717, 1.165) is 38.0 Å². The van der Waals surface area contributed by atoms with Crippen LogP contribution in [0.3, 0.4) is 0 Å². The number of urea groups is 1. The number of nitrogens with one attached hydrogen (secondary N) is 2. The van der Waals surface area contributed by atoms with E-state index in [0.29, 0.717) is 23.8 Å². The van der Waals surface area contributed by atoms with Crippen LogP contribution in [0, 0.1) is 12.8 Å². The molecule has 1 saturated heterocycles. The van der Waals surface area contributed by atoms with Crippen molar-refractivity contribution in [1.29, 1.82) is 0 Å². The molecule has 1 fully saturated rings. The number of carbonyl (C=O) groups excluding carboxylic acids is 2. The molecule has 0 radical (unpaired) electrons. The van der Waals surface area contributed by atoms with Gasteiger partial charge in [0.15, 0.2) is 0 Å². The number of likely N-dealkylation sites (tertiary alicyclic amines) is 1. The molecule has 0 saturated carbocycles. The van der Waals surface area contributed by atoms with Gasteiger partial charge in [0.05, 0.1) is 7.11 Å². The van der Waals surface area contributed by atoms with Crippen LogP contribution in [0.1, 0.15) is 35.2 Å². The molecule has 2 aromatic rings. The summed E-state index contributed by atoms with van der Waals surface area (Å²) >= 11 is 0. The first-order valence-corrected chi connectivity index (χ1v) is 10.1. The van der Waals surface area contributed by atoms with Gasteiger partial charge in [-0.3, -0.25) is 4.79 Å². The molecule has 0 aromatic heterocycles. The third-order valence-corrected chi connectivity index (χ3v) is 5.37. The molecule has 29 heavy (non-hydrogen) atoms. The summed E-state index contributed by atoms with van der Waals surface area (Å²) in [6.07, 6.45) is 2.83. The van der Waals surface area contributed by atoms with Crippen molar-refractivity contribution in [3.8, 4) is 5.75 Å². The fourth-order valence-corrected chi connectivity index (χ4v) is 3.52. The van der Waals surface area contributed by atoms with Crippen LogP contribution in [0.25, 0.3) is 0 Å². The van der Waals surface area contributed by atoms with E-state index in [9.17, 15) is 9.59 Å². The minimum Gasteiger partial charge on any atom is -0.497 e. The van der Waals surface area contributed by atoms with Gasteiger partial charge in [0.1, 0.15) is 5.75 Å². The van der Waals surface area contributed by atoms with Crippen molar-refractivity contribution in [2.75, 3.05) is 32.1 Å². The van der Waals surface area contributed by atoms with Crippen molar-refractivity contribution in [2.24, 2.45) is 5.92 Å². The van der Waals surface area contributed by atoms with Crippen LogP contribution in [0.2, 0.25) is 0 Å². The van der Waals surface area contributed by atoms with Crippen molar-refractivity contribution in [2.45, 2.75) is 26.2 Å². The first-order valence-electron chi connectivity index (χ1n) is 10.1. The molecule has 2 N–H and O–H groups in total. The van der Waals surface area contributed by atoms with Gasteiger partial charge in [-0.25, -0.2) is 4.79 Å². The highest BCUT2D eigenvalue weighted by Crippen LogP contribution is 2.21. The molecule has 3 rings (SSSR count). The monoisotopic (exact) mass is 395 g/mol. The zero-order chi connectivity index (χ0) is 20.6. The summed E-state index contributed by atoms with van der Waals surface area (Å²) in [6.45, 7) is 4.14. The standard InChI is InChI=1S/C23H29N3O3/c1-17-6-8-20(9-7-17)25-23(28)26-14-11-18(12-15-26)10-13-24-22(27)19-4-3-5-21(16-19)29-2/h3-9,16,18H,10-15H2,1-2H3,(H,24,27)(H,25,28). The molecule has 6 nitrogen and oxygen atoms in total. The number of benzene rings is 2. The summed E-state index contributed by atoms with van der Waals surface area (Å²) in [6, 6.07) is 14.9. The molecule has 0 bridgehead atoms. The first-order chi connectivity index (χ1) is 14.0. The molecule has 1 aliphatic heterocycles. The Morgan fingerprint density at radius 1 is 1.10 bits per heavy atom. The molecule has 0 spiro atoms. The number of ether oxygens (including phenoxy) is 1. The van der Waals surface area contributed by atoms with Crippen LogP contribution in [-0.2, 0) is 0 Å². The number of methoxy groups -OCH3 is 1. The molecule has 1 heterocycles. The number of hydrogen-bond acceptors (Lipinski definition) is 3. The molecule has 2 aromatic carbocycles. The maximum Gasteiger partial charge on any atom is 0.321 e. The van der Waals surface area contributed by atoms with E-state index < -0.39 is 0 Å². The van der Waals surface area contributed by atoms with Gasteiger partial charge in [-0.1, -0.05) is 23.8 Å². The zero-order valence-corrected chi connectivity index (χ0v) is 17.1. The average molecular weight is 396 g/mol. The number of amides is 3. The second-order valence-corrected chi connectivity index (χ2v) is 7.50. The van der Waals surface area contributed by atoms with Crippen molar-refractivity contribution >= 4 is 17.6 Å². The minimum absolute atomic E-state index is 0.0429. The quantitative estimate of drug-likeness (QED) is 0.775. The Balaban J connectivity index is 1.37. The second kappa shape index (κ2) is 9.96. The SMILES string of the molecule is COc1cccc(C(=O)NCCC2CCN(C(=O)Nc3ccc(C)cc3)CC2)c1. The highest BCUT2D eigenvalue weighted by molar-refractivity contribution is 5.94. The van der Waals surface area contributed by atoms with Gasteiger partial charge >= 0.3 is 6.03 Å². The van der Waals surface area contributed by atoms with E-state index in [1.54, 1.807) is 19.2 Å². The zero-order valence-electron chi connectivity index (χ0n) is 17.1. The number of piperidine rings is 1. The number of aryl methyl sites for hydroxylation is 1. The van der Waals surface area contributed by atoms with Crippen molar-refractivity contribution in [3.05, 3.63) is 59.7 Å². The molecule has 0 unspecified atom stereocenters. The molecule has 0 atom stereocenters. The number of anilines is 1. The van der Waals surface area contributed by atoms with E-state index in [1.165, 1.54) is 5.56 Å². The van der Waals surface area contributed by atoms with E-state index in [-0.39, 0.29) is 11.9 Å². The van der Waals surface area contributed by atoms with Crippen LogP contribution < -0.4 is 15.4 Å². The Hall–Kier alpha value is -3.02. The first kappa shape index (κ1) is 20.7. The van der Waals surface area contributed by atoms with E-state index >= 15 is 0 Å². The largest absolute Gasteiger partial charge is 0.497 e. The number of carbonyl (C=O) groups is 2. The smallest absolute Gasteiger partial charge is 0.321 e. The van der Waals surface area contributed by atoms with Crippen LogP contribution in [0.5, 0.6) is 5.75 Å². The molecule has 0 aliphatic carbocycles. The predicted octanol–water partition coefficient (Wildman–Crippen LogP) is 4.07. The number of hydrogen-bond donors (Lipinski definition) is 2. The van der Waals surface area contributed by atoms with Gasteiger partial charge in [-0.2, -0.15) is 0 Å². The predicted molar refractivity (Wildman–Crippen MR) is 114 cm³/mol. The fourth-order valence-electron chi connectivity index (χ4n) is 3.52. The summed E-state index contributed by atoms with van der Waals surface area (Å²) in [5.41, 5.74) is 2.59. The Labute approximate surface area is 172 Å². The molecule has 1 aliphatic rings. The van der Waals surface area contributed by atoms with Gasteiger partial charge in [-0.05, 0) is 62.4 Å². The van der Waals surface area contributed by atoms with Gasteiger partial charge in [0, 0.05) is 30.9 Å². The fraction of sp³-hybridized carbons (Fsp3) is 0.391. The minimum atomic E-state index is -0.0844. The van der Waals surface area contributed by atoms with Gasteiger partial charge in [0.2, 0.25) is 0 Å². The van der Waals surface area contributed by atoms with Crippen molar-refractivity contribution in [1.82, 2.24) is 10.2 Å². The van der Waals surface area contributed by atoms with E-state index in [2.05, 4.69) is 10.6 Å². The van der Waals surface area contributed by atoms with Gasteiger partial charge in [0.25, 0.3) is 5.91 Å². The third-order valence-electron chi connectivity index (χ3n) is 5.37. The third kappa shape index (κ3) is 5.98. The van der Waals surface area contributed by atoms with Crippen molar-refractivity contribution < 1.29 is 14.3 Å². The van der Waals surface area contributed by atoms with E-state index in [1.807, 2.05) is 48.2 Å². The van der Waals surface area contributed by atoms with Crippen LogP contribution >= 0.6 is 0 Å². The van der Waals surface area contributed by atoms with Crippen LogP contribution in [0.4, 0.5) is 10.5 Å². The average Bonchev–Trinajstić information content (AvgIpc) is 2.75.